The van der Waals surface area contributed by atoms with Crippen molar-refractivity contribution in [2.24, 2.45) is 0 Å². The lowest BCUT2D eigenvalue weighted by atomic mass is 9.85. The molecule has 1 nitrogen and oxygen atoms in total. The molecule has 1 N–H and O–H groups in total. The molecule has 0 heterocycles. The molecule has 2 unspecified atom stereocenters. The molecule has 1 aromatic rings. The van der Waals surface area contributed by atoms with Gasteiger partial charge in [0.2, 0.25) is 0 Å². The van der Waals surface area contributed by atoms with Crippen molar-refractivity contribution >= 4 is 0 Å². The third kappa shape index (κ3) is 25.6. The fraction of sp³-hybridized carbons (Fsp3) is 0.875. The van der Waals surface area contributed by atoms with E-state index < -0.39 is 0 Å². The number of aryl methyl sites for hydroxylation is 1. The number of aromatic hydroxyl groups is 1. The van der Waals surface area contributed by atoms with Crippen molar-refractivity contribution < 1.29 is 5.11 Å². The molecule has 0 aliphatic rings. The molecule has 1 aromatic carbocycles. The van der Waals surface area contributed by atoms with Gasteiger partial charge in [0.25, 0.3) is 0 Å². The molecule has 0 saturated carbocycles. The van der Waals surface area contributed by atoms with Gasteiger partial charge in [-0.3, -0.25) is 0 Å². The Morgan fingerprint density at radius 3 is 0.898 bits per heavy atom. The molecule has 0 aromatic heterocycles. The van der Waals surface area contributed by atoms with Crippen LogP contribution in [-0.4, -0.2) is 5.11 Å². The van der Waals surface area contributed by atoms with Crippen LogP contribution in [0.1, 0.15) is 281 Å². The Morgan fingerprint density at radius 2 is 0.612 bits per heavy atom. The Bertz CT molecular complexity index is 779. The van der Waals surface area contributed by atoms with Crippen molar-refractivity contribution in [2.75, 3.05) is 0 Å². The van der Waals surface area contributed by atoms with Gasteiger partial charge in [-0.25, -0.2) is 0 Å². The minimum Gasteiger partial charge on any atom is -0.507 e. The highest BCUT2D eigenvalue weighted by molar-refractivity contribution is 5.47. The molecular weight excluding hydrogens is 593 g/mol. The first-order valence-corrected chi connectivity index (χ1v) is 22.9. The summed E-state index contributed by atoms with van der Waals surface area (Å²) in [5.41, 5.74) is 3.98. The fourth-order valence-corrected chi connectivity index (χ4v) is 8.00. The van der Waals surface area contributed by atoms with Crippen LogP contribution < -0.4 is 0 Å². The zero-order valence-corrected chi connectivity index (χ0v) is 34.5. The molecule has 0 radical (unpaired) electrons. The summed E-state index contributed by atoms with van der Waals surface area (Å²) in [5.74, 6) is 1.52. The molecule has 0 fully saturated rings. The van der Waals surface area contributed by atoms with Crippen LogP contribution in [0.15, 0.2) is 12.1 Å². The van der Waals surface area contributed by atoms with E-state index in [2.05, 4.69) is 46.8 Å². The largest absolute Gasteiger partial charge is 0.507 e. The van der Waals surface area contributed by atoms with Crippen LogP contribution in [0.5, 0.6) is 5.75 Å². The molecule has 0 aliphatic carbocycles. The molecule has 0 bridgehead atoms. The van der Waals surface area contributed by atoms with Crippen LogP contribution in [-0.2, 0) is 6.42 Å². The minimum atomic E-state index is 0.444. The number of phenolic OH excluding ortho intramolecular Hbond substituents is 1. The number of rotatable bonds is 37. The standard InChI is InChI=1S/C48H90O/c1-6-9-12-15-18-21-22-23-24-25-26-27-28-31-34-37-40-45-41-46(43(4)38-35-32-29-19-16-13-10-7-2)48(49)47(42-45)44(5)39-36-33-30-20-17-14-11-8-3/h41-44,49H,6-40H2,1-5H3. The fourth-order valence-electron chi connectivity index (χ4n) is 8.00. The number of hydrogen-bond acceptors (Lipinski definition) is 1. The number of hydrogen-bond donors (Lipinski definition) is 1. The Labute approximate surface area is 310 Å². The van der Waals surface area contributed by atoms with Crippen molar-refractivity contribution in [2.45, 2.75) is 271 Å². The maximum absolute atomic E-state index is 11.6. The van der Waals surface area contributed by atoms with Crippen molar-refractivity contribution in [3.63, 3.8) is 0 Å². The highest BCUT2D eigenvalue weighted by atomic mass is 16.3. The first-order chi connectivity index (χ1) is 24.0. The van der Waals surface area contributed by atoms with Gasteiger partial charge in [0.15, 0.2) is 0 Å². The van der Waals surface area contributed by atoms with E-state index >= 15 is 0 Å². The lowest BCUT2D eigenvalue weighted by Crippen LogP contribution is -2.03. The highest BCUT2D eigenvalue weighted by Gasteiger charge is 2.19. The van der Waals surface area contributed by atoms with Crippen LogP contribution in [0.25, 0.3) is 0 Å². The Kier molecular flexibility index (Phi) is 32.1. The van der Waals surface area contributed by atoms with E-state index in [-0.39, 0.29) is 0 Å². The van der Waals surface area contributed by atoms with E-state index in [1.165, 1.54) is 241 Å². The number of phenols is 1. The molecular formula is C48H90O. The van der Waals surface area contributed by atoms with Gasteiger partial charge in [0, 0.05) is 0 Å². The third-order valence-electron chi connectivity index (χ3n) is 11.6. The monoisotopic (exact) mass is 683 g/mol. The second kappa shape index (κ2) is 34.1. The maximum Gasteiger partial charge on any atom is 0.122 e. The molecule has 1 rings (SSSR count). The van der Waals surface area contributed by atoms with E-state index in [0.29, 0.717) is 17.6 Å². The van der Waals surface area contributed by atoms with Gasteiger partial charge >= 0.3 is 0 Å². The zero-order valence-electron chi connectivity index (χ0n) is 34.5. The van der Waals surface area contributed by atoms with E-state index in [1.54, 1.807) is 0 Å². The summed E-state index contributed by atoms with van der Waals surface area (Å²) in [4.78, 5) is 0. The molecule has 0 aliphatic heterocycles. The Balaban J connectivity index is 2.50. The van der Waals surface area contributed by atoms with Gasteiger partial charge in [-0.05, 0) is 54.2 Å². The van der Waals surface area contributed by atoms with E-state index in [4.69, 9.17) is 0 Å². The van der Waals surface area contributed by atoms with Gasteiger partial charge in [0.1, 0.15) is 5.75 Å². The molecule has 49 heavy (non-hydrogen) atoms. The maximum atomic E-state index is 11.6. The van der Waals surface area contributed by atoms with E-state index in [9.17, 15) is 5.11 Å². The molecule has 0 amide bonds. The lowest BCUT2D eigenvalue weighted by Gasteiger charge is -2.22. The van der Waals surface area contributed by atoms with Gasteiger partial charge in [-0.1, -0.05) is 246 Å². The Hall–Kier alpha value is -0.980. The first kappa shape index (κ1) is 46.0. The van der Waals surface area contributed by atoms with Crippen LogP contribution >= 0.6 is 0 Å². The summed E-state index contributed by atoms with van der Waals surface area (Å²) < 4.78 is 0. The molecule has 288 valence electrons. The summed E-state index contributed by atoms with van der Waals surface area (Å²) in [6.07, 6.45) is 48.3. The van der Waals surface area contributed by atoms with Crippen molar-refractivity contribution in [3.05, 3.63) is 28.8 Å². The smallest absolute Gasteiger partial charge is 0.122 e. The second-order valence-corrected chi connectivity index (χ2v) is 16.5. The molecule has 2 atom stereocenters. The predicted octanol–water partition coefficient (Wildman–Crippen LogP) is 17.5. The van der Waals surface area contributed by atoms with Gasteiger partial charge in [-0.2, -0.15) is 0 Å². The average molecular weight is 683 g/mol. The summed E-state index contributed by atoms with van der Waals surface area (Å²) >= 11 is 0. The van der Waals surface area contributed by atoms with E-state index in [0.717, 1.165) is 0 Å². The number of benzene rings is 1. The van der Waals surface area contributed by atoms with Crippen molar-refractivity contribution in [3.8, 4) is 5.75 Å². The molecule has 0 saturated heterocycles. The average Bonchev–Trinajstić information content (AvgIpc) is 3.10. The SMILES string of the molecule is CCCCCCCCCCCCCCCCCCc1cc(C(C)CCCCCCCCCC)c(O)c(C(C)CCCCCCCCCC)c1. The van der Waals surface area contributed by atoms with Crippen LogP contribution in [0.3, 0.4) is 0 Å². The van der Waals surface area contributed by atoms with Gasteiger partial charge in [0.05, 0.1) is 0 Å². The summed E-state index contributed by atoms with van der Waals surface area (Å²) in [5, 5.41) is 11.6. The van der Waals surface area contributed by atoms with Crippen LogP contribution in [0, 0.1) is 0 Å². The number of unbranched alkanes of at least 4 members (excludes halogenated alkanes) is 29. The normalized spacial score (nSPS) is 12.9. The highest BCUT2D eigenvalue weighted by Crippen LogP contribution is 2.39. The second-order valence-electron chi connectivity index (χ2n) is 16.5. The van der Waals surface area contributed by atoms with Crippen molar-refractivity contribution in [1.29, 1.82) is 0 Å². The van der Waals surface area contributed by atoms with Crippen molar-refractivity contribution in [1.82, 2.24) is 0 Å². The van der Waals surface area contributed by atoms with Gasteiger partial charge in [-0.15, -0.1) is 0 Å². The quantitative estimate of drug-likeness (QED) is 0.0693. The minimum absolute atomic E-state index is 0.444. The van der Waals surface area contributed by atoms with E-state index in [1.807, 2.05) is 0 Å². The Morgan fingerprint density at radius 1 is 0.367 bits per heavy atom. The van der Waals surface area contributed by atoms with Crippen LogP contribution in [0.4, 0.5) is 0 Å². The molecule has 1 heteroatoms. The lowest BCUT2D eigenvalue weighted by molar-refractivity contribution is 0.440. The third-order valence-corrected chi connectivity index (χ3v) is 11.6. The first-order valence-electron chi connectivity index (χ1n) is 22.9. The topological polar surface area (TPSA) is 20.2 Å². The van der Waals surface area contributed by atoms with Crippen LogP contribution in [0.2, 0.25) is 0 Å². The summed E-state index contributed by atoms with van der Waals surface area (Å²) in [7, 11) is 0. The summed E-state index contributed by atoms with van der Waals surface area (Å²) in [6.45, 7) is 11.7. The predicted molar refractivity (Wildman–Crippen MR) is 223 cm³/mol. The zero-order chi connectivity index (χ0) is 35.6. The summed E-state index contributed by atoms with van der Waals surface area (Å²) in [6, 6.07) is 4.81. The molecule has 0 spiro atoms. The van der Waals surface area contributed by atoms with Gasteiger partial charge < -0.3 is 5.11 Å².